The lowest BCUT2D eigenvalue weighted by Gasteiger charge is -2.38. The van der Waals surface area contributed by atoms with E-state index in [1.54, 1.807) is 0 Å². The molecule has 0 radical (unpaired) electrons. The summed E-state index contributed by atoms with van der Waals surface area (Å²) in [6, 6.07) is 0. The molecule has 2 rings (SSSR count). The number of rotatable bonds is 3. The third-order valence-corrected chi connectivity index (χ3v) is 4.73. The Bertz CT molecular complexity index is 264. The quantitative estimate of drug-likeness (QED) is 0.751. The number of carbonyl (C=O) groups is 1. The molecule has 0 aromatic carbocycles. The highest BCUT2D eigenvalue weighted by atomic mass is 16.5. The van der Waals surface area contributed by atoms with Gasteiger partial charge in [0, 0.05) is 25.6 Å². The molecule has 2 fully saturated rings. The predicted octanol–water partition coefficient (Wildman–Crippen LogP) is 3.59. The Balaban J connectivity index is 1.89. The van der Waals surface area contributed by atoms with Crippen molar-refractivity contribution < 1.29 is 9.53 Å². The summed E-state index contributed by atoms with van der Waals surface area (Å²) in [7, 11) is 0. The van der Waals surface area contributed by atoms with Gasteiger partial charge in [-0.1, -0.05) is 26.7 Å². The Kier molecular flexibility index (Phi) is 4.24. The van der Waals surface area contributed by atoms with Gasteiger partial charge in [0.2, 0.25) is 0 Å². The molecule has 1 saturated heterocycles. The molecule has 0 bridgehead atoms. The van der Waals surface area contributed by atoms with Gasteiger partial charge in [-0.3, -0.25) is 4.79 Å². The van der Waals surface area contributed by atoms with Crippen LogP contribution in [-0.2, 0) is 9.53 Å². The average molecular weight is 238 g/mol. The first-order valence-electron chi connectivity index (χ1n) is 7.20. The molecular weight excluding hydrogens is 212 g/mol. The highest BCUT2D eigenvalue weighted by Crippen LogP contribution is 2.42. The van der Waals surface area contributed by atoms with Crippen LogP contribution in [0.1, 0.15) is 58.8 Å². The van der Waals surface area contributed by atoms with Crippen LogP contribution in [0.3, 0.4) is 0 Å². The van der Waals surface area contributed by atoms with Crippen molar-refractivity contribution in [2.75, 3.05) is 13.2 Å². The smallest absolute Gasteiger partial charge is 0.136 e. The number of ether oxygens (including phenoxy) is 1. The number of ketones is 1. The molecule has 2 aliphatic rings. The van der Waals surface area contributed by atoms with Crippen LogP contribution in [0.4, 0.5) is 0 Å². The lowest BCUT2D eigenvalue weighted by molar-refractivity contribution is -0.129. The van der Waals surface area contributed by atoms with Gasteiger partial charge >= 0.3 is 0 Å². The van der Waals surface area contributed by atoms with Crippen molar-refractivity contribution in [3.8, 4) is 0 Å². The van der Waals surface area contributed by atoms with Gasteiger partial charge < -0.3 is 4.74 Å². The van der Waals surface area contributed by atoms with Gasteiger partial charge in [-0.2, -0.15) is 0 Å². The van der Waals surface area contributed by atoms with E-state index in [4.69, 9.17) is 4.74 Å². The predicted molar refractivity (Wildman–Crippen MR) is 68.9 cm³/mol. The van der Waals surface area contributed by atoms with Crippen molar-refractivity contribution >= 4 is 5.78 Å². The lowest BCUT2D eigenvalue weighted by atomic mass is 9.66. The molecule has 1 atom stereocenters. The fraction of sp³-hybridized carbons (Fsp3) is 0.933. The van der Waals surface area contributed by atoms with Gasteiger partial charge in [0.15, 0.2) is 0 Å². The van der Waals surface area contributed by atoms with Gasteiger partial charge in [0.25, 0.3) is 0 Å². The monoisotopic (exact) mass is 238 g/mol. The molecule has 0 spiro atoms. The maximum absolute atomic E-state index is 12.4. The van der Waals surface area contributed by atoms with Gasteiger partial charge in [0.1, 0.15) is 5.78 Å². The van der Waals surface area contributed by atoms with E-state index in [0.29, 0.717) is 17.6 Å². The van der Waals surface area contributed by atoms with Crippen LogP contribution in [0.25, 0.3) is 0 Å². The van der Waals surface area contributed by atoms with Gasteiger partial charge in [-0.15, -0.1) is 0 Å². The minimum Gasteiger partial charge on any atom is -0.381 e. The molecule has 0 amide bonds. The first-order chi connectivity index (χ1) is 8.09. The highest BCUT2D eigenvalue weighted by Gasteiger charge is 2.37. The lowest BCUT2D eigenvalue weighted by Crippen LogP contribution is -2.35. The van der Waals surface area contributed by atoms with Crippen molar-refractivity contribution in [1.29, 1.82) is 0 Å². The SMILES string of the molecule is CC1(C)CCCCC1C(=O)CC1CCOCC1. The zero-order valence-electron chi connectivity index (χ0n) is 11.3. The highest BCUT2D eigenvalue weighted by molar-refractivity contribution is 5.82. The molecule has 1 unspecified atom stereocenters. The second-order valence-corrected chi connectivity index (χ2v) is 6.51. The van der Waals surface area contributed by atoms with Gasteiger partial charge in [0.05, 0.1) is 0 Å². The summed E-state index contributed by atoms with van der Waals surface area (Å²) in [5.74, 6) is 1.44. The number of carbonyl (C=O) groups excluding carboxylic acids is 1. The molecule has 2 heteroatoms. The summed E-state index contributed by atoms with van der Waals surface area (Å²) in [6.45, 7) is 6.26. The molecule has 0 aromatic heterocycles. The summed E-state index contributed by atoms with van der Waals surface area (Å²) in [4.78, 5) is 12.4. The summed E-state index contributed by atoms with van der Waals surface area (Å²) < 4.78 is 5.36. The maximum atomic E-state index is 12.4. The van der Waals surface area contributed by atoms with E-state index in [2.05, 4.69) is 13.8 Å². The maximum Gasteiger partial charge on any atom is 0.136 e. The Morgan fingerprint density at radius 1 is 1.18 bits per heavy atom. The van der Waals surface area contributed by atoms with Crippen LogP contribution in [0.2, 0.25) is 0 Å². The fourth-order valence-corrected chi connectivity index (χ4v) is 3.47. The Morgan fingerprint density at radius 3 is 2.53 bits per heavy atom. The van der Waals surface area contributed by atoms with Gasteiger partial charge in [-0.25, -0.2) is 0 Å². The molecule has 2 nitrogen and oxygen atoms in total. The largest absolute Gasteiger partial charge is 0.381 e. The normalized spacial score (nSPS) is 30.1. The van der Waals surface area contributed by atoms with Crippen LogP contribution >= 0.6 is 0 Å². The molecule has 1 saturated carbocycles. The van der Waals surface area contributed by atoms with Gasteiger partial charge in [-0.05, 0) is 37.0 Å². The van der Waals surface area contributed by atoms with E-state index >= 15 is 0 Å². The summed E-state index contributed by atoms with van der Waals surface area (Å²) in [6.07, 6.45) is 7.85. The first-order valence-corrected chi connectivity index (χ1v) is 7.20. The van der Waals surface area contributed by atoms with E-state index in [9.17, 15) is 4.79 Å². The van der Waals surface area contributed by atoms with Crippen molar-refractivity contribution in [3.63, 3.8) is 0 Å². The minimum atomic E-state index is 0.237. The van der Waals surface area contributed by atoms with Crippen molar-refractivity contribution in [2.24, 2.45) is 17.3 Å². The van der Waals surface area contributed by atoms with Crippen LogP contribution in [0, 0.1) is 17.3 Å². The second kappa shape index (κ2) is 5.51. The number of hydrogen-bond donors (Lipinski definition) is 0. The molecule has 17 heavy (non-hydrogen) atoms. The van der Waals surface area contributed by atoms with Crippen molar-refractivity contribution in [1.82, 2.24) is 0 Å². The third-order valence-electron chi connectivity index (χ3n) is 4.73. The number of Topliss-reactive ketones (excluding diaryl/α,β-unsaturated/α-hetero) is 1. The molecule has 1 aliphatic heterocycles. The van der Waals surface area contributed by atoms with Crippen molar-refractivity contribution in [3.05, 3.63) is 0 Å². The van der Waals surface area contributed by atoms with E-state index < -0.39 is 0 Å². The Hall–Kier alpha value is -0.370. The summed E-state index contributed by atoms with van der Waals surface area (Å²) in [5, 5.41) is 0. The van der Waals surface area contributed by atoms with E-state index in [1.807, 2.05) is 0 Å². The van der Waals surface area contributed by atoms with E-state index in [0.717, 1.165) is 38.9 Å². The Morgan fingerprint density at radius 2 is 1.88 bits per heavy atom. The summed E-state index contributed by atoms with van der Waals surface area (Å²) in [5.41, 5.74) is 0.237. The van der Waals surface area contributed by atoms with Crippen LogP contribution in [0.5, 0.6) is 0 Å². The topological polar surface area (TPSA) is 26.3 Å². The van der Waals surface area contributed by atoms with E-state index in [1.165, 1.54) is 19.3 Å². The zero-order chi connectivity index (χ0) is 12.3. The molecule has 0 N–H and O–H groups in total. The standard InChI is InChI=1S/C15H26O2/c1-15(2)8-4-3-5-13(15)14(16)11-12-6-9-17-10-7-12/h12-13H,3-11H2,1-2H3. The average Bonchev–Trinajstić information content (AvgIpc) is 2.29. The van der Waals surface area contributed by atoms with Crippen LogP contribution in [-0.4, -0.2) is 19.0 Å². The molecule has 1 heterocycles. The van der Waals surface area contributed by atoms with Crippen LogP contribution < -0.4 is 0 Å². The second-order valence-electron chi connectivity index (χ2n) is 6.51. The molecule has 98 valence electrons. The molecule has 1 aliphatic carbocycles. The Labute approximate surface area is 105 Å². The fourth-order valence-electron chi connectivity index (χ4n) is 3.47. The zero-order valence-corrected chi connectivity index (χ0v) is 11.3. The van der Waals surface area contributed by atoms with E-state index in [-0.39, 0.29) is 5.41 Å². The van der Waals surface area contributed by atoms with Crippen molar-refractivity contribution in [2.45, 2.75) is 58.8 Å². The number of hydrogen-bond acceptors (Lipinski definition) is 2. The molecule has 0 aromatic rings. The summed E-state index contributed by atoms with van der Waals surface area (Å²) >= 11 is 0. The molecular formula is C15H26O2. The first kappa shape index (κ1) is 13.1. The van der Waals surface area contributed by atoms with Crippen LogP contribution in [0.15, 0.2) is 0 Å². The minimum absolute atomic E-state index is 0.237. The third kappa shape index (κ3) is 3.31.